The van der Waals surface area contributed by atoms with E-state index in [4.69, 9.17) is 21.1 Å². The van der Waals surface area contributed by atoms with Crippen molar-refractivity contribution in [3.05, 3.63) is 58.9 Å². The molecule has 146 valence electrons. The number of rotatable bonds is 5. The summed E-state index contributed by atoms with van der Waals surface area (Å²) in [6, 6.07) is 8.53. The van der Waals surface area contributed by atoms with E-state index < -0.39 is 0 Å². The van der Waals surface area contributed by atoms with Gasteiger partial charge in [-0.1, -0.05) is 11.6 Å². The molecule has 2 heterocycles. The number of hydrazine groups is 1. The van der Waals surface area contributed by atoms with Gasteiger partial charge in [0.25, 0.3) is 11.8 Å². The fourth-order valence-electron chi connectivity index (χ4n) is 2.95. The third-order valence-electron chi connectivity index (χ3n) is 4.35. The van der Waals surface area contributed by atoms with Gasteiger partial charge in [0.05, 0.1) is 19.8 Å². The largest absolute Gasteiger partial charge is 0.497 e. The molecule has 1 saturated heterocycles. The summed E-state index contributed by atoms with van der Waals surface area (Å²) in [5.41, 5.74) is 0.963. The first kappa shape index (κ1) is 19.7. The fraction of sp³-hybridized carbons (Fsp3) is 0.250. The monoisotopic (exact) mass is 401 g/mol. The van der Waals surface area contributed by atoms with Gasteiger partial charge in [0.2, 0.25) is 0 Å². The summed E-state index contributed by atoms with van der Waals surface area (Å²) in [5, 5.41) is 2.93. The van der Waals surface area contributed by atoms with Gasteiger partial charge in [0.1, 0.15) is 16.7 Å². The van der Waals surface area contributed by atoms with Crippen molar-refractivity contribution in [2.75, 3.05) is 27.3 Å². The molecule has 1 aromatic heterocycles. The van der Waals surface area contributed by atoms with Gasteiger partial charge >= 0.3 is 0 Å². The van der Waals surface area contributed by atoms with Gasteiger partial charge in [-0.05, 0) is 42.8 Å². The SMILES string of the molecule is COc1ccc(OC)c(C=CC(=O)N2CCCN2C(=O)c2cccnc2Cl)c1. The number of aromatic nitrogens is 1. The van der Waals surface area contributed by atoms with E-state index in [-0.39, 0.29) is 22.5 Å². The molecule has 0 saturated carbocycles. The lowest BCUT2D eigenvalue weighted by Crippen LogP contribution is -2.44. The average Bonchev–Trinajstić information content (AvgIpc) is 3.21. The number of benzene rings is 1. The van der Waals surface area contributed by atoms with E-state index in [1.54, 1.807) is 50.6 Å². The summed E-state index contributed by atoms with van der Waals surface area (Å²) in [6.45, 7) is 0.883. The van der Waals surface area contributed by atoms with E-state index in [0.29, 0.717) is 36.6 Å². The maximum atomic E-state index is 12.8. The van der Waals surface area contributed by atoms with Crippen LogP contribution < -0.4 is 9.47 Å². The Hall–Kier alpha value is -3.06. The van der Waals surface area contributed by atoms with Crippen LogP contribution in [0.3, 0.4) is 0 Å². The topological polar surface area (TPSA) is 72.0 Å². The van der Waals surface area contributed by atoms with E-state index in [9.17, 15) is 9.59 Å². The third kappa shape index (κ3) is 4.09. The summed E-state index contributed by atoms with van der Waals surface area (Å²) < 4.78 is 10.5. The number of methoxy groups -OCH3 is 2. The van der Waals surface area contributed by atoms with Gasteiger partial charge in [-0.2, -0.15) is 0 Å². The second-order valence-electron chi connectivity index (χ2n) is 6.03. The molecule has 1 aromatic carbocycles. The Morgan fingerprint density at radius 1 is 1.14 bits per heavy atom. The van der Waals surface area contributed by atoms with Crippen LogP contribution in [-0.4, -0.2) is 54.1 Å². The number of amides is 2. The Bertz CT molecular complexity index is 916. The quantitative estimate of drug-likeness (QED) is 0.568. The Balaban J connectivity index is 1.79. The van der Waals surface area contributed by atoms with Gasteiger partial charge in [0.15, 0.2) is 0 Å². The predicted octanol–water partition coefficient (Wildman–Crippen LogP) is 3.06. The van der Waals surface area contributed by atoms with Crippen LogP contribution >= 0.6 is 11.6 Å². The van der Waals surface area contributed by atoms with Gasteiger partial charge in [0, 0.05) is 30.9 Å². The zero-order chi connectivity index (χ0) is 20.1. The number of carbonyl (C=O) groups is 2. The molecule has 0 unspecified atom stereocenters. The van der Waals surface area contributed by atoms with E-state index >= 15 is 0 Å². The lowest BCUT2D eigenvalue weighted by molar-refractivity contribution is -0.134. The highest BCUT2D eigenvalue weighted by Crippen LogP contribution is 2.25. The highest BCUT2D eigenvalue weighted by molar-refractivity contribution is 6.32. The van der Waals surface area contributed by atoms with E-state index in [1.807, 2.05) is 0 Å². The summed E-state index contributed by atoms with van der Waals surface area (Å²) in [5.74, 6) is 0.602. The molecule has 0 aliphatic carbocycles. The molecule has 3 rings (SSSR count). The van der Waals surface area contributed by atoms with E-state index in [1.165, 1.54) is 22.3 Å². The van der Waals surface area contributed by atoms with Gasteiger partial charge < -0.3 is 9.47 Å². The Morgan fingerprint density at radius 2 is 1.93 bits per heavy atom. The number of hydrogen-bond acceptors (Lipinski definition) is 5. The Labute approximate surface area is 168 Å². The van der Waals surface area contributed by atoms with Crippen molar-refractivity contribution in [2.24, 2.45) is 0 Å². The van der Waals surface area contributed by atoms with Crippen molar-refractivity contribution < 1.29 is 19.1 Å². The van der Waals surface area contributed by atoms with Gasteiger partial charge in [-0.25, -0.2) is 15.0 Å². The second kappa shape index (κ2) is 8.75. The molecule has 2 aromatic rings. The molecule has 2 amide bonds. The number of ether oxygens (including phenoxy) is 2. The van der Waals surface area contributed by atoms with Gasteiger partial charge in [-0.3, -0.25) is 9.59 Å². The lowest BCUT2D eigenvalue weighted by Gasteiger charge is -2.27. The number of pyridine rings is 1. The van der Waals surface area contributed by atoms with Crippen molar-refractivity contribution in [2.45, 2.75) is 6.42 Å². The van der Waals surface area contributed by atoms with Crippen molar-refractivity contribution in [3.8, 4) is 11.5 Å². The molecule has 0 N–H and O–H groups in total. The minimum Gasteiger partial charge on any atom is -0.497 e. The molecule has 0 atom stereocenters. The molecular formula is C20H20ClN3O4. The zero-order valence-corrected chi connectivity index (χ0v) is 16.3. The van der Waals surface area contributed by atoms with Crippen LogP contribution in [-0.2, 0) is 4.79 Å². The molecule has 1 aliphatic rings. The maximum absolute atomic E-state index is 12.8. The van der Waals surface area contributed by atoms with E-state index in [2.05, 4.69) is 4.98 Å². The highest BCUT2D eigenvalue weighted by atomic mass is 35.5. The summed E-state index contributed by atoms with van der Waals surface area (Å²) in [4.78, 5) is 29.4. The molecule has 28 heavy (non-hydrogen) atoms. The zero-order valence-electron chi connectivity index (χ0n) is 15.6. The minimum absolute atomic E-state index is 0.114. The van der Waals surface area contributed by atoms with Crippen LogP contribution in [0.4, 0.5) is 0 Å². The molecule has 1 fully saturated rings. The summed E-state index contributed by atoms with van der Waals surface area (Å²) in [6.07, 6.45) is 5.25. The lowest BCUT2D eigenvalue weighted by atomic mass is 10.1. The molecule has 1 aliphatic heterocycles. The highest BCUT2D eigenvalue weighted by Gasteiger charge is 2.31. The molecule has 0 bridgehead atoms. The first-order valence-corrected chi connectivity index (χ1v) is 9.07. The molecule has 0 spiro atoms. The molecule has 0 radical (unpaired) electrons. The normalized spacial score (nSPS) is 13.8. The average molecular weight is 402 g/mol. The molecular weight excluding hydrogens is 382 g/mol. The number of carbonyl (C=O) groups excluding carboxylic acids is 2. The maximum Gasteiger partial charge on any atom is 0.275 e. The van der Waals surface area contributed by atoms with Crippen LogP contribution in [0.5, 0.6) is 11.5 Å². The van der Waals surface area contributed by atoms with Crippen LogP contribution in [0, 0.1) is 0 Å². The van der Waals surface area contributed by atoms with Crippen LogP contribution in [0.2, 0.25) is 5.15 Å². The van der Waals surface area contributed by atoms with Crippen molar-refractivity contribution in [1.29, 1.82) is 0 Å². The molecule has 8 heteroatoms. The first-order chi connectivity index (χ1) is 13.5. The van der Waals surface area contributed by atoms with E-state index in [0.717, 1.165) is 0 Å². The van der Waals surface area contributed by atoms with Crippen molar-refractivity contribution >= 4 is 29.5 Å². The van der Waals surface area contributed by atoms with Crippen molar-refractivity contribution in [3.63, 3.8) is 0 Å². The number of hydrogen-bond donors (Lipinski definition) is 0. The number of halogens is 1. The Kier molecular flexibility index (Phi) is 6.16. The summed E-state index contributed by atoms with van der Waals surface area (Å²) in [7, 11) is 3.12. The standard InChI is InChI=1S/C20H20ClN3O4/c1-27-15-7-8-17(28-2)14(13-15)6-9-18(25)23-11-4-12-24(23)20(26)16-5-3-10-22-19(16)21/h3,5-10,13H,4,11-12H2,1-2H3. The van der Waals surface area contributed by atoms with Crippen LogP contribution in [0.15, 0.2) is 42.6 Å². The van der Waals surface area contributed by atoms with Gasteiger partial charge in [-0.15, -0.1) is 0 Å². The third-order valence-corrected chi connectivity index (χ3v) is 4.65. The van der Waals surface area contributed by atoms with Crippen molar-refractivity contribution in [1.82, 2.24) is 15.0 Å². The minimum atomic E-state index is -0.351. The number of nitrogens with zero attached hydrogens (tertiary/aromatic N) is 3. The predicted molar refractivity (Wildman–Crippen MR) is 105 cm³/mol. The Morgan fingerprint density at radius 3 is 2.64 bits per heavy atom. The smallest absolute Gasteiger partial charge is 0.275 e. The fourth-order valence-corrected chi connectivity index (χ4v) is 3.15. The first-order valence-electron chi connectivity index (χ1n) is 8.69. The van der Waals surface area contributed by atoms with Crippen LogP contribution in [0.25, 0.3) is 6.08 Å². The summed E-state index contributed by atoms with van der Waals surface area (Å²) >= 11 is 6.03. The second-order valence-corrected chi connectivity index (χ2v) is 6.38. The molecule has 7 nitrogen and oxygen atoms in total. The van der Waals surface area contributed by atoms with Crippen LogP contribution in [0.1, 0.15) is 22.3 Å².